The van der Waals surface area contributed by atoms with Crippen LogP contribution in [0.4, 0.5) is 0 Å². The van der Waals surface area contributed by atoms with E-state index in [-0.39, 0.29) is 0 Å². The largest absolute Gasteiger partial charge is 0.317 e. The third kappa shape index (κ3) is 1.73. The fourth-order valence-corrected chi connectivity index (χ4v) is 3.62. The van der Waals surface area contributed by atoms with Gasteiger partial charge in [0.2, 0.25) is 0 Å². The lowest BCUT2D eigenvalue weighted by atomic mass is 9.92. The summed E-state index contributed by atoms with van der Waals surface area (Å²) in [5.74, 6) is 0. The molecule has 4 heteroatoms. The number of nitrogens with one attached hydrogen (secondary N) is 1. The SMILES string of the molecule is CNC1CCc2c(Cl)sc(Cl)c2C1. The molecule has 0 radical (unpaired) electrons. The van der Waals surface area contributed by atoms with Crippen molar-refractivity contribution in [2.75, 3.05) is 7.05 Å². The van der Waals surface area contributed by atoms with Crippen LogP contribution in [0.2, 0.25) is 8.67 Å². The summed E-state index contributed by atoms with van der Waals surface area (Å²) < 4.78 is 1.76. The molecular formula is C9H11Cl2NS. The van der Waals surface area contributed by atoms with Crippen molar-refractivity contribution >= 4 is 34.5 Å². The second-order valence-electron chi connectivity index (χ2n) is 3.33. The molecule has 1 aromatic rings. The maximum atomic E-state index is 6.09. The van der Waals surface area contributed by atoms with Crippen molar-refractivity contribution in [1.29, 1.82) is 0 Å². The van der Waals surface area contributed by atoms with Crippen molar-refractivity contribution in [1.82, 2.24) is 5.32 Å². The Morgan fingerprint density at radius 2 is 2.00 bits per heavy atom. The second-order valence-corrected chi connectivity index (χ2v) is 5.56. The highest BCUT2D eigenvalue weighted by molar-refractivity contribution is 7.20. The van der Waals surface area contributed by atoms with Crippen LogP contribution in [-0.4, -0.2) is 13.1 Å². The summed E-state index contributed by atoms with van der Waals surface area (Å²) in [7, 11) is 2.00. The van der Waals surface area contributed by atoms with E-state index >= 15 is 0 Å². The monoisotopic (exact) mass is 235 g/mol. The third-order valence-electron chi connectivity index (χ3n) is 2.62. The fraction of sp³-hybridized carbons (Fsp3) is 0.556. The molecule has 0 saturated heterocycles. The maximum absolute atomic E-state index is 6.09. The molecule has 0 saturated carbocycles. The molecule has 0 aliphatic heterocycles. The summed E-state index contributed by atoms with van der Waals surface area (Å²) in [4.78, 5) is 0. The van der Waals surface area contributed by atoms with Crippen LogP contribution in [0, 0.1) is 0 Å². The predicted molar refractivity (Wildman–Crippen MR) is 59.2 cm³/mol. The number of hydrogen-bond acceptors (Lipinski definition) is 2. The molecule has 1 atom stereocenters. The van der Waals surface area contributed by atoms with Crippen molar-refractivity contribution in [3.05, 3.63) is 19.8 Å². The summed E-state index contributed by atoms with van der Waals surface area (Å²) in [6, 6.07) is 0.565. The Balaban J connectivity index is 2.33. The topological polar surface area (TPSA) is 12.0 Å². The molecule has 1 unspecified atom stereocenters. The summed E-state index contributed by atoms with van der Waals surface area (Å²) >= 11 is 13.7. The van der Waals surface area contributed by atoms with Gasteiger partial charge in [-0.3, -0.25) is 0 Å². The normalized spacial score (nSPS) is 21.6. The number of rotatable bonds is 1. The van der Waals surface area contributed by atoms with E-state index in [1.165, 1.54) is 22.5 Å². The van der Waals surface area contributed by atoms with E-state index in [1.807, 2.05) is 7.05 Å². The van der Waals surface area contributed by atoms with E-state index in [1.54, 1.807) is 0 Å². The van der Waals surface area contributed by atoms with E-state index in [4.69, 9.17) is 23.2 Å². The zero-order chi connectivity index (χ0) is 9.42. The first-order valence-electron chi connectivity index (χ1n) is 4.35. The molecule has 1 aliphatic rings. The van der Waals surface area contributed by atoms with Crippen LogP contribution in [-0.2, 0) is 12.8 Å². The molecule has 1 aliphatic carbocycles. The number of likely N-dealkylation sites (N-methyl/N-ethyl adjacent to an activating group) is 1. The first-order valence-corrected chi connectivity index (χ1v) is 5.92. The van der Waals surface area contributed by atoms with Gasteiger partial charge in [0, 0.05) is 6.04 Å². The average molecular weight is 236 g/mol. The number of hydrogen-bond donors (Lipinski definition) is 1. The van der Waals surface area contributed by atoms with E-state index in [2.05, 4.69) is 5.32 Å². The minimum Gasteiger partial charge on any atom is -0.317 e. The minimum absolute atomic E-state index is 0.565. The first-order chi connectivity index (χ1) is 6.22. The van der Waals surface area contributed by atoms with Gasteiger partial charge in [0.15, 0.2) is 0 Å². The molecule has 0 bridgehead atoms. The van der Waals surface area contributed by atoms with Gasteiger partial charge in [-0.1, -0.05) is 23.2 Å². The number of thiophene rings is 1. The standard InChI is InChI=1S/C9H11Cl2NS/c1-12-5-2-3-6-7(4-5)9(11)13-8(6)10/h5,12H,2-4H2,1H3. The Morgan fingerprint density at radius 1 is 1.31 bits per heavy atom. The number of halogens is 2. The van der Waals surface area contributed by atoms with E-state index in [0.717, 1.165) is 27.9 Å². The van der Waals surface area contributed by atoms with Gasteiger partial charge in [-0.15, -0.1) is 11.3 Å². The summed E-state index contributed by atoms with van der Waals surface area (Å²) in [6.45, 7) is 0. The van der Waals surface area contributed by atoms with Crippen LogP contribution < -0.4 is 5.32 Å². The van der Waals surface area contributed by atoms with Gasteiger partial charge in [-0.2, -0.15) is 0 Å². The van der Waals surface area contributed by atoms with Gasteiger partial charge in [0.1, 0.15) is 0 Å². The molecule has 0 amide bonds. The molecule has 2 rings (SSSR count). The molecule has 1 aromatic heterocycles. The van der Waals surface area contributed by atoms with Gasteiger partial charge in [0.25, 0.3) is 0 Å². The summed E-state index contributed by atoms with van der Waals surface area (Å²) in [5.41, 5.74) is 2.55. The second kappa shape index (κ2) is 3.77. The molecule has 0 aromatic carbocycles. The molecule has 0 fully saturated rings. The van der Waals surface area contributed by atoms with Gasteiger partial charge >= 0.3 is 0 Å². The van der Waals surface area contributed by atoms with Crippen molar-refractivity contribution in [2.24, 2.45) is 0 Å². The van der Waals surface area contributed by atoms with Crippen molar-refractivity contribution in [3.63, 3.8) is 0 Å². The van der Waals surface area contributed by atoms with Gasteiger partial charge < -0.3 is 5.32 Å². The summed E-state index contributed by atoms with van der Waals surface area (Å²) in [5, 5.41) is 3.28. The Kier molecular flexibility index (Phi) is 2.84. The zero-order valence-electron chi connectivity index (χ0n) is 7.36. The fourth-order valence-electron chi connectivity index (χ4n) is 1.81. The van der Waals surface area contributed by atoms with Crippen molar-refractivity contribution in [3.8, 4) is 0 Å². The Hall–Kier alpha value is 0.240. The van der Waals surface area contributed by atoms with Crippen LogP contribution in [0.25, 0.3) is 0 Å². The van der Waals surface area contributed by atoms with Crippen LogP contribution >= 0.6 is 34.5 Å². The molecule has 1 N–H and O–H groups in total. The minimum atomic E-state index is 0.565. The highest BCUT2D eigenvalue weighted by atomic mass is 35.5. The molecule has 1 nitrogen and oxygen atoms in total. The summed E-state index contributed by atoms with van der Waals surface area (Å²) in [6.07, 6.45) is 3.24. The number of fused-ring (bicyclic) bond motifs is 1. The van der Waals surface area contributed by atoms with Gasteiger partial charge in [0.05, 0.1) is 8.67 Å². The lowest BCUT2D eigenvalue weighted by molar-refractivity contribution is 0.498. The predicted octanol–water partition coefficient (Wildman–Crippen LogP) is 3.13. The molecule has 1 heterocycles. The van der Waals surface area contributed by atoms with E-state index in [0.29, 0.717) is 6.04 Å². The smallest absolute Gasteiger partial charge is 0.0979 e. The molecule has 13 heavy (non-hydrogen) atoms. The van der Waals surface area contributed by atoms with E-state index in [9.17, 15) is 0 Å². The Morgan fingerprint density at radius 3 is 2.69 bits per heavy atom. The Labute approximate surface area is 92.0 Å². The van der Waals surface area contributed by atoms with Gasteiger partial charge in [-0.25, -0.2) is 0 Å². The van der Waals surface area contributed by atoms with Crippen LogP contribution in [0.3, 0.4) is 0 Å². The van der Waals surface area contributed by atoms with Gasteiger partial charge in [-0.05, 0) is 37.4 Å². The third-order valence-corrected chi connectivity index (χ3v) is 4.39. The zero-order valence-corrected chi connectivity index (χ0v) is 9.69. The Bertz CT molecular complexity index is 322. The highest BCUT2D eigenvalue weighted by Gasteiger charge is 2.23. The quantitative estimate of drug-likeness (QED) is 0.789. The van der Waals surface area contributed by atoms with Crippen LogP contribution in [0.15, 0.2) is 0 Å². The van der Waals surface area contributed by atoms with E-state index < -0.39 is 0 Å². The molecular weight excluding hydrogens is 225 g/mol. The van der Waals surface area contributed by atoms with Crippen LogP contribution in [0.5, 0.6) is 0 Å². The van der Waals surface area contributed by atoms with Crippen molar-refractivity contribution in [2.45, 2.75) is 25.3 Å². The van der Waals surface area contributed by atoms with Crippen molar-refractivity contribution < 1.29 is 0 Å². The van der Waals surface area contributed by atoms with Crippen LogP contribution in [0.1, 0.15) is 17.5 Å². The lowest BCUT2D eigenvalue weighted by Gasteiger charge is -2.22. The first kappa shape index (κ1) is 9.78. The molecule has 72 valence electrons. The highest BCUT2D eigenvalue weighted by Crippen LogP contribution is 2.40. The lowest BCUT2D eigenvalue weighted by Crippen LogP contribution is -2.31. The maximum Gasteiger partial charge on any atom is 0.0979 e. The average Bonchev–Trinajstić information content (AvgIpc) is 2.42. The molecule has 0 spiro atoms.